The fourth-order valence-corrected chi connectivity index (χ4v) is 17.7. The number of phenols is 2. The van der Waals surface area contributed by atoms with Crippen LogP contribution in [0.1, 0.15) is 152 Å². The molecule has 50 nitrogen and oxygen atoms in total. The summed E-state index contributed by atoms with van der Waals surface area (Å²) in [6, 6.07) is -5.41. The summed E-state index contributed by atoms with van der Waals surface area (Å²) in [5.41, 5.74) is 53.7. The molecule has 772 valence electrons. The number of primary amides is 1. The fraction of sp³-hybridized carbons (Fsp3) is 0.557. The third kappa shape index (κ3) is 41.5. The Kier molecular flexibility index (Phi) is 50.6. The fourth-order valence-electron chi connectivity index (χ4n) is 15.4. The van der Waals surface area contributed by atoms with E-state index in [4.69, 9.17) is 73.2 Å². The molecule has 4 aromatic rings. The largest absolute Gasteiger partial charge is 0.508 e. The summed E-state index contributed by atoms with van der Waals surface area (Å²) in [4.78, 5) is 228. The molecule has 2 aliphatic heterocycles. The van der Waals surface area contributed by atoms with Crippen molar-refractivity contribution in [3.05, 3.63) is 95.7 Å². The Labute approximate surface area is 818 Å². The van der Waals surface area contributed by atoms with Gasteiger partial charge in [0.05, 0.1) is 6.04 Å². The number of aliphatic carboxylic acids is 1. The monoisotopic (exact) mass is 2000 g/mol. The maximum Gasteiger partial charge on any atom is 0.326 e. The number of hydrogen-bond donors (Lipinski definition) is 34. The van der Waals surface area contributed by atoms with E-state index < -0.39 is 209 Å². The van der Waals surface area contributed by atoms with Crippen LogP contribution in [0.3, 0.4) is 0 Å². The van der Waals surface area contributed by atoms with Crippen molar-refractivity contribution in [1.29, 1.82) is 21.6 Å². The van der Waals surface area contributed by atoms with Crippen molar-refractivity contribution in [3.8, 4) is 11.5 Å². The van der Waals surface area contributed by atoms with E-state index in [0.29, 0.717) is 34.9 Å². The van der Waals surface area contributed by atoms with Gasteiger partial charge in [0.1, 0.15) is 90.0 Å². The molecule has 3 aromatic carbocycles. The Morgan fingerprint density at radius 3 is 1.34 bits per heavy atom. The maximum atomic E-state index is 16.0. The summed E-state index contributed by atoms with van der Waals surface area (Å²) in [6.07, 6.45) is 1.03. The number of para-hydroxylation sites is 1. The Balaban J connectivity index is 1.60. The lowest BCUT2D eigenvalue weighted by molar-refractivity contribution is -0.142. The molecule has 0 radical (unpaired) electrons. The van der Waals surface area contributed by atoms with E-state index in [1.54, 1.807) is 30.5 Å². The lowest BCUT2D eigenvalue weighted by Crippen LogP contribution is -2.61. The number of carboxylic acid groups (broad SMARTS) is 1. The number of fused-ring (bicyclic) bond motifs is 2. The Morgan fingerprint density at radius 2 is 0.857 bits per heavy atom. The van der Waals surface area contributed by atoms with E-state index >= 15 is 57.5 Å². The number of rotatable bonds is 47. The molecule has 3 heterocycles. The van der Waals surface area contributed by atoms with Crippen molar-refractivity contribution < 1.29 is 87.2 Å². The van der Waals surface area contributed by atoms with E-state index in [1.165, 1.54) is 53.4 Å². The zero-order chi connectivity index (χ0) is 103. The SMILES string of the molecule is N=C(N)NCCC[C@H](NC(=O)[C@@H]1CSSC[C@H](NC(=O)[C@H](Cc2c[nH]c3ccccc23)NC(=O)[C@H](CCCNC(=N)N)NC(=O)[C@@H](N)CCCNC(=N)N)C(=O)N[C@@H](Cc2ccc(O)cc2)C(=O)N[C@@H](CCCNC(=N)N)C(=O)N[C@@H](CCCCN)C(=O)N[C@H](CCCCN)C(=O)N2CCC[C@H]2C(=O)N[C@@H](Cc2ccc(O)cc2)C(=O)N[C@@H](CCCNC(N)=O)C(=O)N[C@@H](CCCCN)C(=O)N1)C(=O)O. The van der Waals surface area contributed by atoms with Gasteiger partial charge in [0.2, 0.25) is 76.8 Å². The predicted octanol–water partition coefficient (Wildman–Crippen LogP) is -5.89. The van der Waals surface area contributed by atoms with Crippen LogP contribution in [-0.4, -0.2) is 293 Å². The molecule has 0 bridgehead atoms. The molecule has 1 aromatic heterocycles. The predicted molar refractivity (Wildman–Crippen MR) is 526 cm³/mol. The molecule has 0 unspecified atom stereocenters. The summed E-state index contributed by atoms with van der Waals surface area (Å²) in [5, 5.41) is 108. The molecule has 2 aliphatic rings. The number of aromatic nitrogens is 1. The number of amides is 15. The van der Waals surface area contributed by atoms with Crippen LogP contribution in [0.25, 0.3) is 10.9 Å². The number of carbonyl (C=O) groups is 15. The van der Waals surface area contributed by atoms with E-state index in [9.17, 15) is 29.7 Å². The molecular weight excluding hydrogens is 1860 g/mol. The van der Waals surface area contributed by atoms with Gasteiger partial charge in [-0.05, 0) is 201 Å². The lowest BCUT2D eigenvalue weighted by atomic mass is 10.0. The lowest BCUT2D eigenvalue weighted by Gasteiger charge is -2.31. The minimum Gasteiger partial charge on any atom is -0.508 e. The van der Waals surface area contributed by atoms with E-state index in [2.05, 4.69) is 95.4 Å². The molecule has 52 heteroatoms. The number of hydrogen-bond acceptors (Lipinski definition) is 27. The number of aromatic hydroxyl groups is 2. The van der Waals surface area contributed by atoms with E-state index in [1.807, 2.05) is 0 Å². The summed E-state index contributed by atoms with van der Waals surface area (Å²) < 4.78 is 0. The van der Waals surface area contributed by atoms with Crippen LogP contribution in [0.4, 0.5) is 4.79 Å². The Morgan fingerprint density at radius 1 is 0.443 bits per heavy atom. The van der Waals surface area contributed by atoms with E-state index in [0.717, 1.165) is 21.6 Å². The molecule has 0 aliphatic carbocycles. The van der Waals surface area contributed by atoms with Crippen LogP contribution in [0, 0.1) is 21.6 Å². The standard InChI is InChI=1S/C88H140N32O18S2/c89-34-6-3-18-57-73(126)113-62(20-5-8-36-91)82(135)120-42-14-25-69(120)81(134)117-65(44-50-28-32-53(122)33-29-50)77(130)112-61(23-12-41-106-88(101)138)72(125)110-58(19-4-7-35-90)75(128)118-67(79(132)114-63(83(136)137)24-13-40-105-87(99)100)47-139-140-48-68(80(133)115-64(43-49-26-30-52(121)31-27-49)76(129)111-60(71(124)109-57)22-11-39-104-86(97)98)119-78(131)66(45-51-46-107-56-17-2-1-15-54(51)56)116-74(127)59(21-10-38-103-85(95)96)108-70(123)55(92)16-9-37-102-84(93)94/h1-2,15,17,26-33,46,55,57-69,107,121-122H,3-14,16,18-25,34-45,47-48,89-92H2,(H,108,123)(H,109,124)(H,110,125)(H,111,129)(H,112,130)(H,113,126)(H,114,132)(H,115,133)(H,116,127)(H,117,134)(H,118,128)(H,119,131)(H,136,137)(H4,93,94,102)(H4,95,96,103)(H4,97,98,104)(H4,99,100,105)(H3,101,106,138)/t55-,57-,58-,59-,60-,61-,62+,63-,64-,65-,66-,67-,68-,69-/m0/s1. The number of carboxylic acids is 1. The zero-order valence-electron chi connectivity index (χ0n) is 78.3. The van der Waals surface area contributed by atoms with Crippen molar-refractivity contribution in [3.63, 3.8) is 0 Å². The molecule has 140 heavy (non-hydrogen) atoms. The van der Waals surface area contributed by atoms with Crippen molar-refractivity contribution in [1.82, 2.24) is 100 Å². The smallest absolute Gasteiger partial charge is 0.326 e. The van der Waals surface area contributed by atoms with Gasteiger partial charge in [0.15, 0.2) is 23.8 Å². The van der Waals surface area contributed by atoms with Crippen molar-refractivity contribution >= 4 is 145 Å². The highest BCUT2D eigenvalue weighted by atomic mass is 33.1. The number of urea groups is 1. The van der Waals surface area contributed by atoms with Crippen molar-refractivity contribution in [2.75, 3.05) is 70.4 Å². The maximum absolute atomic E-state index is 16.0. The topological polar surface area (TPSA) is 870 Å². The molecule has 14 atom stereocenters. The second kappa shape index (κ2) is 61.6. The number of carbonyl (C=O) groups excluding carboxylic acids is 14. The molecule has 43 N–H and O–H groups in total. The second-order valence-electron chi connectivity index (χ2n) is 34.0. The molecule has 15 amide bonds. The minimum atomic E-state index is -1.88. The molecule has 2 saturated heterocycles. The quantitative estimate of drug-likeness (QED) is 0.00848. The number of nitrogens with zero attached hydrogens (tertiary/aromatic N) is 1. The number of H-pyrrole nitrogens is 1. The number of benzene rings is 3. The third-order valence-corrected chi connectivity index (χ3v) is 25.3. The van der Waals surface area contributed by atoms with Crippen LogP contribution in [0.5, 0.6) is 11.5 Å². The molecule has 2 fully saturated rings. The van der Waals surface area contributed by atoms with Crippen LogP contribution >= 0.6 is 21.6 Å². The average molecular weight is 2000 g/mol. The van der Waals surface area contributed by atoms with Crippen LogP contribution in [-0.2, 0) is 86.4 Å². The number of guanidine groups is 4. The first kappa shape index (κ1) is 115. The highest BCUT2D eigenvalue weighted by Gasteiger charge is 2.43. The molecular formula is C88H140N32O18S2. The van der Waals surface area contributed by atoms with Gasteiger partial charge in [-0.2, -0.15) is 0 Å². The first-order valence-corrected chi connectivity index (χ1v) is 49.1. The first-order valence-electron chi connectivity index (χ1n) is 46.6. The first-order chi connectivity index (χ1) is 66.9. The van der Waals surface area contributed by atoms with Gasteiger partial charge in [0.25, 0.3) is 0 Å². The van der Waals surface area contributed by atoms with Gasteiger partial charge in [-0.15, -0.1) is 0 Å². The van der Waals surface area contributed by atoms with Crippen molar-refractivity contribution in [2.24, 2.45) is 51.6 Å². The van der Waals surface area contributed by atoms with Crippen LogP contribution in [0.15, 0.2) is 79.0 Å². The number of unbranched alkanes of at least 4 members (excludes halogenated alkanes) is 3. The third-order valence-electron chi connectivity index (χ3n) is 22.9. The van der Waals surface area contributed by atoms with E-state index in [-0.39, 0.29) is 217 Å². The number of nitrogens with one attached hydrogen (secondary N) is 22. The number of aromatic amines is 1. The summed E-state index contributed by atoms with van der Waals surface area (Å²) in [7, 11) is 1.52. The minimum absolute atomic E-state index is 0.00476. The van der Waals surface area contributed by atoms with Gasteiger partial charge in [-0.25, -0.2) is 9.59 Å². The van der Waals surface area contributed by atoms with Crippen molar-refractivity contribution in [2.45, 2.75) is 239 Å². The summed E-state index contributed by atoms with van der Waals surface area (Å²) in [6.45, 7) is 0.241. The molecule has 0 saturated carbocycles. The average Bonchev–Trinajstić information content (AvgIpc) is 1.66. The van der Waals surface area contributed by atoms with Gasteiger partial charge < -0.3 is 167 Å². The number of nitrogens with two attached hydrogens (primary N) is 9. The van der Waals surface area contributed by atoms with Gasteiger partial charge in [-0.3, -0.25) is 84.0 Å². The normalized spacial score (nSPS) is 20.5. The van der Waals surface area contributed by atoms with Gasteiger partial charge >= 0.3 is 12.0 Å². The van der Waals surface area contributed by atoms with Gasteiger partial charge in [-0.1, -0.05) is 64.1 Å². The highest BCUT2D eigenvalue weighted by molar-refractivity contribution is 8.76. The Hall–Kier alpha value is -13.7. The highest BCUT2D eigenvalue weighted by Crippen LogP contribution is 2.27. The summed E-state index contributed by atoms with van der Waals surface area (Å²) >= 11 is 0. The Bertz CT molecular complexity index is 4810. The zero-order valence-corrected chi connectivity index (χ0v) is 79.9. The van der Waals surface area contributed by atoms with Gasteiger partial charge in [0, 0.05) is 87.1 Å². The van der Waals surface area contributed by atoms with Crippen LogP contribution < -0.4 is 142 Å². The second-order valence-corrected chi connectivity index (χ2v) is 36.5. The van der Waals surface area contributed by atoms with Crippen LogP contribution in [0.2, 0.25) is 0 Å². The molecule has 6 rings (SSSR count). The molecule has 0 spiro atoms. The number of phenolic OH excluding ortho intramolecular Hbond substituents is 2. The summed E-state index contributed by atoms with van der Waals surface area (Å²) in [5.74, 6) is -17.5.